The standard InChI is InChI=1S/C58H43NSi/c1-7-21-44(22-8-1)49-42-56(46-24-9-2-10-25-46)58(57(43-49)47-26-11-3-12-27-47)59(50-29-13-4-14-30-50)51-36-39-54(40-37-51)60(52-31-15-5-16-32-52,53-33-17-6-18-34-53)55-38-35-45-23-19-20-28-48(45)41-55/h1-43H. The van der Waals surface area contributed by atoms with Gasteiger partial charge in [0.25, 0.3) is 0 Å². The van der Waals surface area contributed by atoms with Crippen LogP contribution in [0.1, 0.15) is 0 Å². The Balaban J connectivity index is 1.24. The molecular formula is C58H43NSi. The van der Waals surface area contributed by atoms with E-state index in [4.69, 9.17) is 0 Å². The molecule has 0 saturated heterocycles. The zero-order chi connectivity index (χ0) is 40.1. The summed E-state index contributed by atoms with van der Waals surface area (Å²) in [6, 6.07) is 95.8. The van der Waals surface area contributed by atoms with Crippen LogP contribution in [0.3, 0.4) is 0 Å². The maximum absolute atomic E-state index is 2.82. The molecule has 10 aromatic carbocycles. The Morgan fingerprint density at radius 1 is 0.250 bits per heavy atom. The van der Waals surface area contributed by atoms with Crippen molar-refractivity contribution in [1.82, 2.24) is 0 Å². The van der Waals surface area contributed by atoms with Crippen molar-refractivity contribution in [3.63, 3.8) is 0 Å². The van der Waals surface area contributed by atoms with E-state index < -0.39 is 8.07 Å². The molecule has 0 aliphatic rings. The van der Waals surface area contributed by atoms with Gasteiger partial charge in [0.05, 0.1) is 5.69 Å². The van der Waals surface area contributed by atoms with Gasteiger partial charge in [-0.2, -0.15) is 0 Å². The number of benzene rings is 10. The molecule has 1 nitrogen and oxygen atoms in total. The molecule has 0 heterocycles. The molecule has 0 bridgehead atoms. The first-order valence-corrected chi connectivity index (χ1v) is 22.7. The first-order chi connectivity index (χ1) is 29.8. The lowest BCUT2D eigenvalue weighted by molar-refractivity contribution is 1.28. The summed E-state index contributed by atoms with van der Waals surface area (Å²) in [5.41, 5.74) is 10.3. The lowest BCUT2D eigenvalue weighted by atomic mass is 9.90. The second-order valence-electron chi connectivity index (χ2n) is 15.3. The Morgan fingerprint density at radius 2 is 0.633 bits per heavy atom. The number of hydrogen-bond donors (Lipinski definition) is 0. The first-order valence-electron chi connectivity index (χ1n) is 20.7. The number of anilines is 3. The minimum Gasteiger partial charge on any atom is -0.309 e. The van der Waals surface area contributed by atoms with Crippen LogP contribution in [0.2, 0.25) is 0 Å². The minimum atomic E-state index is -2.82. The van der Waals surface area contributed by atoms with E-state index in [0.717, 1.165) is 39.3 Å². The smallest absolute Gasteiger partial charge is 0.179 e. The van der Waals surface area contributed by atoms with Gasteiger partial charge >= 0.3 is 0 Å². The average molecular weight is 782 g/mol. The summed E-state index contributed by atoms with van der Waals surface area (Å²) in [5, 5.41) is 7.91. The molecule has 0 fully saturated rings. The highest BCUT2D eigenvalue weighted by molar-refractivity contribution is 7.20. The van der Waals surface area contributed by atoms with Gasteiger partial charge in [0, 0.05) is 22.5 Å². The zero-order valence-electron chi connectivity index (χ0n) is 33.3. The van der Waals surface area contributed by atoms with E-state index in [1.807, 2.05) is 0 Å². The lowest BCUT2D eigenvalue weighted by Gasteiger charge is -2.35. The van der Waals surface area contributed by atoms with Crippen LogP contribution in [-0.4, -0.2) is 8.07 Å². The number of para-hydroxylation sites is 1. The molecular weight excluding hydrogens is 739 g/mol. The van der Waals surface area contributed by atoms with Crippen molar-refractivity contribution in [2.75, 3.05) is 4.90 Å². The van der Waals surface area contributed by atoms with Crippen LogP contribution in [0.15, 0.2) is 261 Å². The molecule has 0 aliphatic heterocycles. The number of rotatable bonds is 10. The van der Waals surface area contributed by atoms with E-state index in [-0.39, 0.29) is 0 Å². The third kappa shape index (κ3) is 6.83. The Bertz CT molecular complexity index is 2890. The summed E-state index contributed by atoms with van der Waals surface area (Å²) in [6.07, 6.45) is 0. The van der Waals surface area contributed by atoms with Crippen molar-refractivity contribution in [2.45, 2.75) is 0 Å². The van der Waals surface area contributed by atoms with Crippen molar-refractivity contribution < 1.29 is 0 Å². The molecule has 0 aromatic heterocycles. The highest BCUT2D eigenvalue weighted by Crippen LogP contribution is 2.48. The fourth-order valence-corrected chi connectivity index (χ4v) is 13.7. The Hall–Kier alpha value is -7.52. The van der Waals surface area contributed by atoms with Crippen LogP contribution in [0.4, 0.5) is 17.1 Å². The van der Waals surface area contributed by atoms with Crippen LogP contribution < -0.4 is 25.6 Å². The Labute approximate surface area is 354 Å². The number of nitrogens with zero attached hydrogens (tertiary/aromatic N) is 1. The third-order valence-electron chi connectivity index (χ3n) is 11.8. The quantitative estimate of drug-likeness (QED) is 0.0987. The SMILES string of the molecule is c1ccc(-c2cc(-c3ccccc3)c(N(c3ccccc3)c3ccc([Si](c4ccccc4)(c4ccccc4)c4ccc5ccccc5c4)cc3)c(-c3ccccc3)c2)cc1. The zero-order valence-corrected chi connectivity index (χ0v) is 34.3. The van der Waals surface area contributed by atoms with Gasteiger partial charge in [-0.1, -0.05) is 224 Å². The summed E-state index contributed by atoms with van der Waals surface area (Å²) in [6.45, 7) is 0. The van der Waals surface area contributed by atoms with E-state index in [1.54, 1.807) is 0 Å². The van der Waals surface area contributed by atoms with E-state index in [1.165, 1.54) is 42.6 Å². The minimum absolute atomic E-state index is 1.09. The molecule has 0 amide bonds. The predicted octanol–water partition coefficient (Wildman–Crippen LogP) is 12.7. The monoisotopic (exact) mass is 781 g/mol. The van der Waals surface area contributed by atoms with E-state index in [0.29, 0.717) is 0 Å². The van der Waals surface area contributed by atoms with E-state index in [9.17, 15) is 0 Å². The van der Waals surface area contributed by atoms with Crippen LogP contribution in [0.5, 0.6) is 0 Å². The molecule has 0 unspecified atom stereocenters. The summed E-state index contributed by atoms with van der Waals surface area (Å²) in [5.74, 6) is 0. The molecule has 0 N–H and O–H groups in total. The fraction of sp³-hybridized carbons (Fsp3) is 0. The largest absolute Gasteiger partial charge is 0.309 e. The van der Waals surface area contributed by atoms with E-state index in [2.05, 4.69) is 266 Å². The molecule has 0 atom stereocenters. The van der Waals surface area contributed by atoms with Crippen molar-refractivity contribution >= 4 is 56.7 Å². The van der Waals surface area contributed by atoms with Crippen LogP contribution in [0.25, 0.3) is 44.2 Å². The molecule has 0 saturated carbocycles. The van der Waals surface area contributed by atoms with Crippen LogP contribution >= 0.6 is 0 Å². The highest BCUT2D eigenvalue weighted by atomic mass is 28.3. The molecule has 284 valence electrons. The normalized spacial score (nSPS) is 11.3. The van der Waals surface area contributed by atoms with Gasteiger partial charge in [0.1, 0.15) is 0 Å². The Kier molecular flexibility index (Phi) is 10.0. The third-order valence-corrected chi connectivity index (χ3v) is 16.6. The van der Waals surface area contributed by atoms with Gasteiger partial charge in [-0.3, -0.25) is 0 Å². The molecule has 0 radical (unpaired) electrons. The maximum atomic E-state index is 2.47. The van der Waals surface area contributed by atoms with Crippen LogP contribution in [-0.2, 0) is 0 Å². The Morgan fingerprint density at radius 3 is 1.15 bits per heavy atom. The summed E-state index contributed by atoms with van der Waals surface area (Å²) >= 11 is 0. The highest BCUT2D eigenvalue weighted by Gasteiger charge is 2.41. The molecule has 10 rings (SSSR count). The molecule has 0 aliphatic carbocycles. The predicted molar refractivity (Wildman–Crippen MR) is 259 cm³/mol. The lowest BCUT2D eigenvalue weighted by Crippen LogP contribution is -2.74. The first kappa shape index (κ1) is 36.8. The van der Waals surface area contributed by atoms with Gasteiger partial charge in [0.2, 0.25) is 0 Å². The number of hydrogen-bond acceptors (Lipinski definition) is 1. The summed E-state index contributed by atoms with van der Waals surface area (Å²) in [7, 11) is -2.82. The van der Waals surface area contributed by atoms with Gasteiger partial charge < -0.3 is 4.90 Å². The van der Waals surface area contributed by atoms with Crippen molar-refractivity contribution in [1.29, 1.82) is 0 Å². The van der Waals surface area contributed by atoms with E-state index >= 15 is 0 Å². The molecule has 60 heavy (non-hydrogen) atoms. The van der Waals surface area contributed by atoms with Gasteiger partial charge in [0.15, 0.2) is 8.07 Å². The number of fused-ring (bicyclic) bond motifs is 1. The summed E-state index contributed by atoms with van der Waals surface area (Å²) < 4.78 is 0. The van der Waals surface area contributed by atoms with Gasteiger partial charge in [-0.05, 0) is 90.2 Å². The van der Waals surface area contributed by atoms with Crippen molar-refractivity contribution in [3.05, 3.63) is 261 Å². The van der Waals surface area contributed by atoms with Gasteiger partial charge in [-0.25, -0.2) is 0 Å². The van der Waals surface area contributed by atoms with Crippen LogP contribution in [0, 0.1) is 0 Å². The topological polar surface area (TPSA) is 3.24 Å². The maximum Gasteiger partial charge on any atom is 0.179 e. The fourth-order valence-electron chi connectivity index (χ4n) is 8.99. The molecule has 0 spiro atoms. The van der Waals surface area contributed by atoms with Gasteiger partial charge in [-0.15, -0.1) is 0 Å². The molecule has 10 aromatic rings. The molecule has 2 heteroatoms. The summed E-state index contributed by atoms with van der Waals surface area (Å²) in [4.78, 5) is 2.47. The van der Waals surface area contributed by atoms with Crippen molar-refractivity contribution in [3.8, 4) is 33.4 Å². The van der Waals surface area contributed by atoms with Crippen molar-refractivity contribution in [2.24, 2.45) is 0 Å². The second kappa shape index (κ2) is 16.4. The average Bonchev–Trinajstić information content (AvgIpc) is 3.34. The second-order valence-corrected chi connectivity index (χ2v) is 19.1.